The Hall–Kier alpha value is -2.50. The summed E-state index contributed by atoms with van der Waals surface area (Å²) in [6.45, 7) is 0. The molecule has 0 radical (unpaired) electrons. The van der Waals surface area contributed by atoms with Gasteiger partial charge in [-0.15, -0.1) is 5.10 Å². The lowest BCUT2D eigenvalue weighted by atomic mass is 10.0. The van der Waals surface area contributed by atoms with Crippen molar-refractivity contribution < 1.29 is 0 Å². The Morgan fingerprint density at radius 3 is 2.25 bits per heavy atom. The first-order chi connectivity index (χ1) is 9.90. The molecule has 0 saturated heterocycles. The van der Waals surface area contributed by atoms with Crippen LogP contribution < -0.4 is 11.3 Å². The standard InChI is InChI=1S/C15H15N5/c16-18-15(12-7-3-1-4-8-12)14-11-17-19-20(14)13-9-5-2-6-10-13/h1-11,15,18H,16H2. The van der Waals surface area contributed by atoms with Gasteiger partial charge in [0.2, 0.25) is 0 Å². The maximum Gasteiger partial charge on any atom is 0.0899 e. The molecule has 0 saturated carbocycles. The summed E-state index contributed by atoms with van der Waals surface area (Å²) >= 11 is 0. The molecule has 5 heteroatoms. The number of para-hydroxylation sites is 1. The molecule has 3 N–H and O–H groups in total. The number of hydrogen-bond donors (Lipinski definition) is 2. The molecule has 0 amide bonds. The average molecular weight is 265 g/mol. The van der Waals surface area contributed by atoms with Crippen LogP contribution in [0.15, 0.2) is 66.9 Å². The van der Waals surface area contributed by atoms with Gasteiger partial charge in [-0.3, -0.25) is 5.84 Å². The van der Waals surface area contributed by atoms with Crippen molar-refractivity contribution in [3.8, 4) is 5.69 Å². The van der Waals surface area contributed by atoms with E-state index in [2.05, 4.69) is 15.7 Å². The number of hydrogen-bond acceptors (Lipinski definition) is 4. The maximum atomic E-state index is 5.72. The molecule has 5 nitrogen and oxygen atoms in total. The molecule has 0 fully saturated rings. The highest BCUT2D eigenvalue weighted by atomic mass is 15.4. The number of hydrazine groups is 1. The Morgan fingerprint density at radius 1 is 0.950 bits per heavy atom. The van der Waals surface area contributed by atoms with E-state index in [1.807, 2.05) is 60.7 Å². The predicted octanol–water partition coefficient (Wildman–Crippen LogP) is 1.82. The van der Waals surface area contributed by atoms with Gasteiger partial charge in [-0.25, -0.2) is 10.1 Å². The largest absolute Gasteiger partial charge is 0.271 e. The highest BCUT2D eigenvalue weighted by Crippen LogP contribution is 2.22. The second kappa shape index (κ2) is 5.64. The van der Waals surface area contributed by atoms with Gasteiger partial charge >= 0.3 is 0 Å². The van der Waals surface area contributed by atoms with Crippen LogP contribution in [0.25, 0.3) is 5.69 Å². The van der Waals surface area contributed by atoms with Crippen LogP contribution in [0, 0.1) is 0 Å². The number of benzene rings is 2. The van der Waals surface area contributed by atoms with Gasteiger partial charge in [0.1, 0.15) is 0 Å². The lowest BCUT2D eigenvalue weighted by Crippen LogP contribution is -2.30. The zero-order valence-corrected chi connectivity index (χ0v) is 10.8. The van der Waals surface area contributed by atoms with Gasteiger partial charge in [-0.2, -0.15) is 0 Å². The number of nitrogens with one attached hydrogen (secondary N) is 1. The van der Waals surface area contributed by atoms with E-state index in [-0.39, 0.29) is 6.04 Å². The number of aromatic nitrogens is 3. The van der Waals surface area contributed by atoms with Crippen LogP contribution in [0.5, 0.6) is 0 Å². The van der Waals surface area contributed by atoms with Crippen molar-refractivity contribution in [1.82, 2.24) is 20.4 Å². The van der Waals surface area contributed by atoms with Gasteiger partial charge < -0.3 is 0 Å². The molecular weight excluding hydrogens is 250 g/mol. The Kier molecular flexibility index (Phi) is 3.54. The predicted molar refractivity (Wildman–Crippen MR) is 77.0 cm³/mol. The Morgan fingerprint density at radius 2 is 1.60 bits per heavy atom. The molecule has 3 rings (SSSR count). The minimum atomic E-state index is -0.161. The van der Waals surface area contributed by atoms with Crippen LogP contribution in [0.1, 0.15) is 17.3 Å². The lowest BCUT2D eigenvalue weighted by molar-refractivity contribution is 0.595. The third-order valence-electron chi connectivity index (χ3n) is 3.17. The smallest absolute Gasteiger partial charge is 0.0899 e. The minimum Gasteiger partial charge on any atom is -0.271 e. The van der Waals surface area contributed by atoms with Gasteiger partial charge in [0.05, 0.1) is 23.6 Å². The summed E-state index contributed by atoms with van der Waals surface area (Å²) in [7, 11) is 0. The third-order valence-corrected chi connectivity index (χ3v) is 3.17. The lowest BCUT2D eigenvalue weighted by Gasteiger charge is -2.17. The molecule has 0 bridgehead atoms. The topological polar surface area (TPSA) is 68.8 Å². The molecule has 100 valence electrons. The Labute approximate surface area is 117 Å². The molecule has 0 aliphatic heterocycles. The van der Waals surface area contributed by atoms with Crippen LogP contribution in [0.3, 0.4) is 0 Å². The number of nitrogens with two attached hydrogens (primary N) is 1. The van der Waals surface area contributed by atoms with E-state index in [1.54, 1.807) is 10.9 Å². The van der Waals surface area contributed by atoms with E-state index < -0.39 is 0 Å². The third kappa shape index (κ3) is 2.32. The molecule has 0 aliphatic rings. The molecule has 0 aliphatic carbocycles. The molecular formula is C15H15N5. The fourth-order valence-electron chi connectivity index (χ4n) is 2.21. The van der Waals surface area contributed by atoms with Crippen molar-refractivity contribution in [2.75, 3.05) is 0 Å². The summed E-state index contributed by atoms with van der Waals surface area (Å²) < 4.78 is 1.79. The quantitative estimate of drug-likeness (QED) is 0.557. The summed E-state index contributed by atoms with van der Waals surface area (Å²) in [5, 5.41) is 8.16. The van der Waals surface area contributed by atoms with Crippen LogP contribution in [0.4, 0.5) is 0 Å². The highest BCUT2D eigenvalue weighted by Gasteiger charge is 2.18. The van der Waals surface area contributed by atoms with Gasteiger partial charge in [0.25, 0.3) is 0 Å². The molecule has 1 aromatic heterocycles. The molecule has 1 heterocycles. The van der Waals surface area contributed by atoms with Crippen molar-refractivity contribution in [3.05, 3.63) is 78.1 Å². The van der Waals surface area contributed by atoms with Gasteiger partial charge in [0.15, 0.2) is 0 Å². The first-order valence-electron chi connectivity index (χ1n) is 6.37. The normalized spacial score (nSPS) is 12.2. The zero-order valence-electron chi connectivity index (χ0n) is 10.8. The molecule has 1 unspecified atom stereocenters. The van der Waals surface area contributed by atoms with Crippen LogP contribution in [-0.4, -0.2) is 15.0 Å². The fourth-order valence-corrected chi connectivity index (χ4v) is 2.21. The summed E-state index contributed by atoms with van der Waals surface area (Å²) in [5.41, 5.74) is 5.74. The average Bonchev–Trinajstić information content (AvgIpc) is 2.99. The summed E-state index contributed by atoms with van der Waals surface area (Å²) in [6.07, 6.45) is 1.73. The van der Waals surface area contributed by atoms with Crippen molar-refractivity contribution in [3.63, 3.8) is 0 Å². The molecule has 20 heavy (non-hydrogen) atoms. The number of nitrogens with zero attached hydrogens (tertiary/aromatic N) is 3. The Bertz CT molecular complexity index is 663. The molecule has 1 atom stereocenters. The maximum absolute atomic E-state index is 5.72. The van der Waals surface area contributed by atoms with Gasteiger partial charge in [-0.05, 0) is 17.7 Å². The monoisotopic (exact) mass is 265 g/mol. The van der Waals surface area contributed by atoms with Crippen LogP contribution >= 0.6 is 0 Å². The van der Waals surface area contributed by atoms with Gasteiger partial charge in [-0.1, -0.05) is 53.7 Å². The molecule has 3 aromatic rings. The SMILES string of the molecule is NNC(c1ccccc1)c1cnnn1-c1ccccc1. The second-order valence-electron chi connectivity index (χ2n) is 4.42. The van der Waals surface area contributed by atoms with E-state index in [1.165, 1.54) is 0 Å². The van der Waals surface area contributed by atoms with Crippen molar-refractivity contribution >= 4 is 0 Å². The summed E-state index contributed by atoms with van der Waals surface area (Å²) in [5.74, 6) is 5.72. The van der Waals surface area contributed by atoms with E-state index in [0.29, 0.717) is 0 Å². The van der Waals surface area contributed by atoms with Crippen molar-refractivity contribution in [2.24, 2.45) is 5.84 Å². The summed E-state index contributed by atoms with van der Waals surface area (Å²) in [6, 6.07) is 19.7. The van der Waals surface area contributed by atoms with Crippen molar-refractivity contribution in [2.45, 2.75) is 6.04 Å². The summed E-state index contributed by atoms with van der Waals surface area (Å²) in [4.78, 5) is 0. The van der Waals surface area contributed by atoms with E-state index in [4.69, 9.17) is 5.84 Å². The fraction of sp³-hybridized carbons (Fsp3) is 0.0667. The van der Waals surface area contributed by atoms with Crippen LogP contribution in [-0.2, 0) is 0 Å². The molecule has 2 aromatic carbocycles. The van der Waals surface area contributed by atoms with Gasteiger partial charge in [0, 0.05) is 0 Å². The van der Waals surface area contributed by atoms with E-state index >= 15 is 0 Å². The second-order valence-corrected chi connectivity index (χ2v) is 4.42. The minimum absolute atomic E-state index is 0.161. The first-order valence-corrected chi connectivity index (χ1v) is 6.37. The zero-order chi connectivity index (χ0) is 13.8. The van der Waals surface area contributed by atoms with E-state index in [9.17, 15) is 0 Å². The van der Waals surface area contributed by atoms with E-state index in [0.717, 1.165) is 16.9 Å². The Balaban J connectivity index is 2.04. The van der Waals surface area contributed by atoms with Crippen LogP contribution in [0.2, 0.25) is 0 Å². The molecule has 0 spiro atoms. The number of rotatable bonds is 4. The van der Waals surface area contributed by atoms with Crippen molar-refractivity contribution in [1.29, 1.82) is 0 Å². The highest BCUT2D eigenvalue weighted by molar-refractivity contribution is 5.35. The first kappa shape index (κ1) is 12.5.